The Hall–Kier alpha value is -1.14. The normalized spacial score (nSPS) is 11.2. The van der Waals surface area contributed by atoms with Crippen LogP contribution >= 0.6 is 27.7 Å². The van der Waals surface area contributed by atoms with Gasteiger partial charge >= 0.3 is 5.97 Å². The van der Waals surface area contributed by atoms with Crippen LogP contribution in [0.25, 0.3) is 10.9 Å². The number of thioether (sulfide) groups is 1. The quantitative estimate of drug-likeness (QED) is 0.612. The molecule has 0 saturated heterocycles. The molecule has 1 aromatic carbocycles. The second kappa shape index (κ2) is 7.22. The number of carboxylic acids is 1. The minimum Gasteiger partial charge on any atom is -0.481 e. The van der Waals surface area contributed by atoms with Gasteiger partial charge in [0.05, 0.1) is 11.9 Å². The fraction of sp³-hybridized carbons (Fsp3) is 0.400. The molecule has 0 bridgehead atoms. The average molecular weight is 369 g/mol. The first kappa shape index (κ1) is 16.2. The monoisotopic (exact) mass is 368 g/mol. The van der Waals surface area contributed by atoms with Gasteiger partial charge in [-0.25, -0.2) is 9.97 Å². The van der Waals surface area contributed by atoms with E-state index in [0.29, 0.717) is 11.7 Å². The molecule has 0 amide bonds. The highest BCUT2D eigenvalue weighted by Gasteiger charge is 2.11. The lowest BCUT2D eigenvalue weighted by molar-refractivity contribution is -0.136. The van der Waals surface area contributed by atoms with Crippen molar-refractivity contribution in [1.82, 2.24) is 9.97 Å². The Morgan fingerprint density at radius 1 is 1.38 bits per heavy atom. The van der Waals surface area contributed by atoms with Crippen LogP contribution in [-0.2, 0) is 11.2 Å². The maximum Gasteiger partial charge on any atom is 0.304 e. The van der Waals surface area contributed by atoms with Gasteiger partial charge in [0.25, 0.3) is 0 Å². The van der Waals surface area contributed by atoms with Crippen LogP contribution in [0.5, 0.6) is 0 Å². The molecule has 0 atom stereocenters. The molecule has 2 aromatic rings. The molecule has 0 aliphatic rings. The number of nitrogens with zero attached hydrogens (tertiary/aromatic N) is 2. The molecule has 1 N–H and O–H groups in total. The summed E-state index contributed by atoms with van der Waals surface area (Å²) in [5.74, 6) is 1.02. The smallest absolute Gasteiger partial charge is 0.304 e. The van der Waals surface area contributed by atoms with Gasteiger partial charge < -0.3 is 5.11 Å². The fourth-order valence-corrected chi connectivity index (χ4v) is 3.24. The van der Waals surface area contributed by atoms with Crippen LogP contribution in [-0.4, -0.2) is 26.8 Å². The highest BCUT2D eigenvalue weighted by Crippen LogP contribution is 2.28. The predicted octanol–water partition coefficient (Wildman–Crippen LogP) is 4.16. The predicted molar refractivity (Wildman–Crippen MR) is 88.8 cm³/mol. The first-order valence-electron chi connectivity index (χ1n) is 6.76. The van der Waals surface area contributed by atoms with Crippen molar-refractivity contribution < 1.29 is 9.90 Å². The summed E-state index contributed by atoms with van der Waals surface area (Å²) in [5.41, 5.74) is 0.896. The largest absolute Gasteiger partial charge is 0.481 e. The maximum absolute atomic E-state index is 10.7. The van der Waals surface area contributed by atoms with Gasteiger partial charge in [-0.2, -0.15) is 0 Å². The molecule has 0 unspecified atom stereocenters. The second-order valence-electron chi connectivity index (χ2n) is 5.20. The Kier molecular flexibility index (Phi) is 5.58. The van der Waals surface area contributed by atoms with Crippen LogP contribution in [0.3, 0.4) is 0 Å². The molecule has 6 heteroatoms. The first-order valence-corrected chi connectivity index (χ1v) is 8.54. The summed E-state index contributed by atoms with van der Waals surface area (Å²) >= 11 is 4.94. The zero-order valence-electron chi connectivity index (χ0n) is 12.0. The molecule has 0 saturated carbocycles. The molecule has 0 fully saturated rings. The summed E-state index contributed by atoms with van der Waals surface area (Å²) in [6.07, 6.45) is 0.946. The van der Waals surface area contributed by atoms with E-state index in [1.807, 2.05) is 18.2 Å². The molecular weight excluding hydrogens is 352 g/mol. The number of benzene rings is 1. The van der Waals surface area contributed by atoms with E-state index in [2.05, 4.69) is 39.7 Å². The van der Waals surface area contributed by atoms with Crippen LogP contribution in [0, 0.1) is 5.92 Å². The summed E-state index contributed by atoms with van der Waals surface area (Å²) in [4.78, 5) is 19.9. The molecule has 112 valence electrons. The van der Waals surface area contributed by atoms with E-state index in [0.717, 1.165) is 32.6 Å². The number of carbonyl (C=O) groups is 1. The number of hydrogen-bond acceptors (Lipinski definition) is 4. The van der Waals surface area contributed by atoms with E-state index < -0.39 is 5.97 Å². The van der Waals surface area contributed by atoms with Crippen LogP contribution in [0.4, 0.5) is 0 Å². The standard InChI is InChI=1S/C15H17BrN2O2S/c1-9(2)7-13-17-12-8-10(16)3-4-11(12)15(18-13)21-6-5-14(19)20/h3-4,8-9H,5-7H2,1-2H3,(H,19,20). The third-order valence-corrected chi connectivity index (χ3v) is 4.30. The van der Waals surface area contributed by atoms with Crippen molar-refractivity contribution in [2.45, 2.75) is 31.7 Å². The Balaban J connectivity index is 2.37. The third kappa shape index (κ3) is 4.68. The number of aromatic nitrogens is 2. The van der Waals surface area contributed by atoms with Crippen molar-refractivity contribution in [3.8, 4) is 0 Å². The minimum atomic E-state index is -0.786. The van der Waals surface area contributed by atoms with Crippen molar-refractivity contribution in [1.29, 1.82) is 0 Å². The highest BCUT2D eigenvalue weighted by molar-refractivity contribution is 9.10. The third-order valence-electron chi connectivity index (χ3n) is 2.82. The number of halogens is 1. The minimum absolute atomic E-state index is 0.131. The molecule has 0 aliphatic heterocycles. The Morgan fingerprint density at radius 2 is 2.14 bits per heavy atom. The number of hydrogen-bond donors (Lipinski definition) is 1. The molecule has 0 radical (unpaired) electrons. The van der Waals surface area contributed by atoms with Gasteiger partial charge in [0.2, 0.25) is 0 Å². The van der Waals surface area contributed by atoms with Gasteiger partial charge in [-0.1, -0.05) is 29.8 Å². The summed E-state index contributed by atoms with van der Waals surface area (Å²) in [5, 5.41) is 10.6. The van der Waals surface area contributed by atoms with Crippen molar-refractivity contribution >= 4 is 44.6 Å². The molecule has 1 aromatic heterocycles. The molecule has 1 heterocycles. The van der Waals surface area contributed by atoms with E-state index in [1.54, 1.807) is 0 Å². The van der Waals surface area contributed by atoms with Gasteiger partial charge in [-0.3, -0.25) is 4.79 Å². The van der Waals surface area contributed by atoms with Crippen LogP contribution in [0.2, 0.25) is 0 Å². The van der Waals surface area contributed by atoms with Crippen molar-refractivity contribution in [2.75, 3.05) is 5.75 Å². The SMILES string of the molecule is CC(C)Cc1nc(SCCC(=O)O)c2ccc(Br)cc2n1. The summed E-state index contributed by atoms with van der Waals surface area (Å²) in [7, 11) is 0. The number of fused-ring (bicyclic) bond motifs is 1. The lowest BCUT2D eigenvalue weighted by Gasteiger charge is -2.09. The van der Waals surface area contributed by atoms with Crippen LogP contribution < -0.4 is 0 Å². The number of aliphatic carboxylic acids is 1. The average Bonchev–Trinajstić information content (AvgIpc) is 2.36. The van der Waals surface area contributed by atoms with E-state index in [1.165, 1.54) is 11.8 Å². The van der Waals surface area contributed by atoms with E-state index >= 15 is 0 Å². The Labute approximate surface area is 136 Å². The molecule has 2 rings (SSSR count). The second-order valence-corrected chi connectivity index (χ2v) is 7.20. The van der Waals surface area contributed by atoms with Gasteiger partial charge in [-0.05, 0) is 24.1 Å². The maximum atomic E-state index is 10.7. The summed E-state index contributed by atoms with van der Waals surface area (Å²) in [6, 6.07) is 5.90. The van der Waals surface area contributed by atoms with Crippen LogP contribution in [0.15, 0.2) is 27.7 Å². The van der Waals surface area contributed by atoms with Crippen molar-refractivity contribution in [3.63, 3.8) is 0 Å². The summed E-state index contributed by atoms with van der Waals surface area (Å²) < 4.78 is 0.977. The fourth-order valence-electron chi connectivity index (χ4n) is 1.92. The Morgan fingerprint density at radius 3 is 2.81 bits per heavy atom. The Bertz CT molecular complexity index is 661. The highest BCUT2D eigenvalue weighted by atomic mass is 79.9. The van der Waals surface area contributed by atoms with E-state index in [4.69, 9.17) is 5.11 Å². The van der Waals surface area contributed by atoms with Gasteiger partial charge in [-0.15, -0.1) is 11.8 Å². The summed E-state index contributed by atoms with van der Waals surface area (Å²) in [6.45, 7) is 4.26. The van der Waals surface area contributed by atoms with E-state index in [-0.39, 0.29) is 6.42 Å². The van der Waals surface area contributed by atoms with E-state index in [9.17, 15) is 4.79 Å². The zero-order valence-corrected chi connectivity index (χ0v) is 14.4. The molecule has 0 aliphatic carbocycles. The number of rotatable bonds is 6. The topological polar surface area (TPSA) is 63.1 Å². The van der Waals surface area contributed by atoms with Gasteiger partial charge in [0.15, 0.2) is 0 Å². The lowest BCUT2D eigenvalue weighted by atomic mass is 10.1. The van der Waals surface area contributed by atoms with Gasteiger partial charge in [0, 0.05) is 22.0 Å². The lowest BCUT2D eigenvalue weighted by Crippen LogP contribution is -2.03. The van der Waals surface area contributed by atoms with Gasteiger partial charge in [0.1, 0.15) is 10.9 Å². The molecule has 0 spiro atoms. The first-order chi connectivity index (χ1) is 9.95. The number of carboxylic acid groups (broad SMARTS) is 1. The molecule has 21 heavy (non-hydrogen) atoms. The molecule has 4 nitrogen and oxygen atoms in total. The van der Waals surface area contributed by atoms with Crippen molar-refractivity contribution in [3.05, 3.63) is 28.5 Å². The van der Waals surface area contributed by atoms with Crippen molar-refractivity contribution in [2.24, 2.45) is 5.92 Å². The molecular formula is C15H17BrN2O2S. The zero-order chi connectivity index (χ0) is 15.4. The van der Waals surface area contributed by atoms with Crippen LogP contribution in [0.1, 0.15) is 26.1 Å².